The van der Waals surface area contributed by atoms with Gasteiger partial charge in [0.25, 0.3) is 0 Å². The Kier molecular flexibility index (Phi) is 10.3. The molecule has 5 heteroatoms. The standard InChI is InChI=1S/C69H80BIN2S/c1-61(2,3)42-22-25-54-53(32-42)70-59-56(72(54)44-23-24-46-47(35-44)63(6,7)27-26-62(46,4)5)33-43(66(12,13)71)34-57(59)73(69(16)52-37-50-51(39-58(52)74-60(69)70)68(15)31-30-67(50,14)40-68)55-38-49-48(64(8,9)28-29-65(49,10)11)36-45(55)41-20-18-17-19-21-41/h17-25,32-39,60H,26-31,40H2,1-16H3. The molecule has 0 aromatic heterocycles. The third-order valence-electron chi connectivity index (χ3n) is 21.0. The van der Waals surface area contributed by atoms with E-state index in [1.165, 1.54) is 139 Å². The Morgan fingerprint density at radius 1 is 0.514 bits per heavy atom. The van der Waals surface area contributed by atoms with Crippen LogP contribution >= 0.6 is 34.4 Å². The predicted octanol–water partition coefficient (Wildman–Crippen LogP) is 18.2. The van der Waals surface area contributed by atoms with E-state index in [0.717, 1.165) is 0 Å². The van der Waals surface area contributed by atoms with Gasteiger partial charge in [-0.2, -0.15) is 0 Å². The molecule has 13 rings (SSSR count). The summed E-state index contributed by atoms with van der Waals surface area (Å²) in [6.07, 6.45) is 8.57. The number of nitrogens with zero attached hydrogens (tertiary/aromatic N) is 2. The molecule has 2 nitrogen and oxygen atoms in total. The summed E-state index contributed by atoms with van der Waals surface area (Å²) in [5.74, 6) is 0. The summed E-state index contributed by atoms with van der Waals surface area (Å²) >= 11 is 4.96. The second kappa shape index (κ2) is 15.4. The summed E-state index contributed by atoms with van der Waals surface area (Å²) in [5.41, 5.74) is 26.2. The molecule has 3 aliphatic heterocycles. The molecule has 74 heavy (non-hydrogen) atoms. The van der Waals surface area contributed by atoms with E-state index in [2.05, 4.69) is 258 Å². The van der Waals surface area contributed by atoms with Gasteiger partial charge in [-0.3, -0.25) is 0 Å². The summed E-state index contributed by atoms with van der Waals surface area (Å²) in [6.45, 7) is 40.0. The smallest absolute Gasteiger partial charge is 0.234 e. The Morgan fingerprint density at radius 2 is 1.09 bits per heavy atom. The molecule has 4 atom stereocenters. The fourth-order valence-electron chi connectivity index (χ4n) is 16.2. The number of benzene rings is 6. The van der Waals surface area contributed by atoms with Crippen molar-refractivity contribution in [3.05, 3.63) is 153 Å². The van der Waals surface area contributed by atoms with E-state index in [4.69, 9.17) is 0 Å². The summed E-state index contributed by atoms with van der Waals surface area (Å²) in [5, 5.41) is 0.187. The van der Waals surface area contributed by atoms with Gasteiger partial charge >= 0.3 is 0 Å². The molecule has 2 bridgehead atoms. The SMILES string of the molecule is CC(C)(C)c1ccc2c(c1)B1c3c(cc(C(C)(C)I)cc3N(c3cc4c(cc3-c3ccccc3)C(C)(C)CCC4(C)C)C3(C)c4cc5c(cc4SC13)C1(C)CCC5(C)C1)N2c1ccc2c(c1)C(C)(C)CCC2(C)C. The molecule has 6 aromatic rings. The summed E-state index contributed by atoms with van der Waals surface area (Å²) < 4.78 is -0.150. The van der Waals surface area contributed by atoms with Crippen LogP contribution in [0.1, 0.15) is 206 Å². The number of alkyl halides is 1. The number of halogens is 1. The van der Waals surface area contributed by atoms with Crippen molar-refractivity contribution in [3.8, 4) is 11.1 Å². The monoisotopic (exact) mass is 1110 g/mol. The molecular weight excluding hydrogens is 1030 g/mol. The van der Waals surface area contributed by atoms with E-state index in [0.29, 0.717) is 0 Å². The van der Waals surface area contributed by atoms with Crippen molar-refractivity contribution in [1.29, 1.82) is 0 Å². The van der Waals surface area contributed by atoms with Gasteiger partial charge in [0.2, 0.25) is 6.71 Å². The second-order valence-electron chi connectivity index (χ2n) is 29.5. The third-order valence-corrected chi connectivity index (χ3v) is 23.2. The van der Waals surface area contributed by atoms with Crippen LogP contribution in [0.2, 0.25) is 0 Å². The lowest BCUT2D eigenvalue weighted by molar-refractivity contribution is 0.332. The number of rotatable bonds is 4. The number of thioether (sulfide) groups is 1. The van der Waals surface area contributed by atoms with Crippen molar-refractivity contribution in [2.24, 2.45) is 0 Å². The van der Waals surface area contributed by atoms with E-state index in [1.807, 2.05) is 0 Å². The van der Waals surface area contributed by atoms with Crippen LogP contribution < -0.4 is 20.7 Å². The fraction of sp³-hybridized carbons (Fsp3) is 0.478. The van der Waals surface area contributed by atoms with Crippen LogP contribution in [0.4, 0.5) is 28.4 Å². The average molecular weight is 1110 g/mol. The first kappa shape index (κ1) is 49.6. The number of fused-ring (bicyclic) bond motifs is 13. The summed E-state index contributed by atoms with van der Waals surface area (Å²) in [7, 11) is 0. The molecule has 0 amide bonds. The zero-order chi connectivity index (χ0) is 52.5. The quantitative estimate of drug-likeness (QED) is 0.0987. The lowest BCUT2D eigenvalue weighted by Crippen LogP contribution is -2.68. The third kappa shape index (κ3) is 6.87. The molecule has 0 saturated heterocycles. The Morgan fingerprint density at radius 3 is 1.72 bits per heavy atom. The lowest BCUT2D eigenvalue weighted by Gasteiger charge is -2.55. The maximum absolute atomic E-state index is 2.98. The fourth-order valence-corrected chi connectivity index (χ4v) is 18.2. The molecular formula is C69H80BIN2S. The van der Waals surface area contributed by atoms with Gasteiger partial charge in [0.15, 0.2) is 0 Å². The van der Waals surface area contributed by atoms with E-state index < -0.39 is 5.54 Å². The lowest BCUT2D eigenvalue weighted by atomic mass is 9.31. The first-order chi connectivity index (χ1) is 34.5. The molecule has 0 N–H and O–H groups in total. The number of hydrogen-bond donors (Lipinski definition) is 0. The van der Waals surface area contributed by atoms with Crippen molar-refractivity contribution in [1.82, 2.24) is 0 Å². The summed E-state index contributed by atoms with van der Waals surface area (Å²) in [6, 6.07) is 43.0. The molecule has 3 heterocycles. The van der Waals surface area contributed by atoms with Gasteiger partial charge < -0.3 is 9.80 Å². The van der Waals surface area contributed by atoms with E-state index >= 15 is 0 Å². The molecule has 382 valence electrons. The normalized spacial score (nSPS) is 26.9. The average Bonchev–Trinajstić information content (AvgIpc) is 3.90. The van der Waals surface area contributed by atoms with E-state index in [9.17, 15) is 0 Å². The first-order valence-electron chi connectivity index (χ1n) is 28.3. The molecule has 0 spiro atoms. The van der Waals surface area contributed by atoms with Crippen LogP contribution in [0.15, 0.2) is 108 Å². The summed E-state index contributed by atoms with van der Waals surface area (Å²) in [4.78, 5) is 7.22. The Labute approximate surface area is 463 Å². The van der Waals surface area contributed by atoms with Crippen molar-refractivity contribution in [2.45, 2.75) is 213 Å². The second-order valence-corrected chi connectivity index (χ2v) is 33.4. The Balaban J connectivity index is 1.19. The van der Waals surface area contributed by atoms with Crippen molar-refractivity contribution >= 4 is 80.4 Å². The predicted molar refractivity (Wildman–Crippen MR) is 328 cm³/mol. The highest BCUT2D eigenvalue weighted by Crippen LogP contribution is 2.67. The highest BCUT2D eigenvalue weighted by Gasteiger charge is 2.63. The van der Waals surface area contributed by atoms with Gasteiger partial charge in [0.05, 0.1) is 11.2 Å². The molecule has 6 aromatic carbocycles. The molecule has 4 unspecified atom stereocenters. The zero-order valence-electron chi connectivity index (χ0n) is 47.6. The van der Waals surface area contributed by atoms with Crippen LogP contribution in [-0.4, -0.2) is 11.9 Å². The van der Waals surface area contributed by atoms with Crippen LogP contribution in [-0.2, 0) is 46.9 Å². The van der Waals surface area contributed by atoms with Crippen LogP contribution in [0.3, 0.4) is 0 Å². The maximum Gasteiger partial charge on any atom is 0.234 e. The highest BCUT2D eigenvalue weighted by atomic mass is 127. The molecule has 4 aliphatic carbocycles. The minimum Gasteiger partial charge on any atom is -0.331 e. The van der Waals surface area contributed by atoms with Gasteiger partial charge in [-0.1, -0.05) is 167 Å². The van der Waals surface area contributed by atoms with Crippen molar-refractivity contribution in [3.63, 3.8) is 0 Å². The highest BCUT2D eigenvalue weighted by molar-refractivity contribution is 14.1. The van der Waals surface area contributed by atoms with Gasteiger partial charge in [-0.25, -0.2) is 0 Å². The number of anilines is 5. The molecule has 7 aliphatic rings. The van der Waals surface area contributed by atoms with Crippen molar-refractivity contribution in [2.75, 3.05) is 9.80 Å². The van der Waals surface area contributed by atoms with Gasteiger partial charge in [0, 0.05) is 41.8 Å². The van der Waals surface area contributed by atoms with Crippen molar-refractivity contribution < 1.29 is 0 Å². The molecule has 1 saturated carbocycles. The van der Waals surface area contributed by atoms with E-state index in [1.54, 1.807) is 11.1 Å². The first-order valence-corrected chi connectivity index (χ1v) is 30.3. The van der Waals surface area contributed by atoms with Crippen LogP contribution in [0, 0.1) is 0 Å². The van der Waals surface area contributed by atoms with E-state index in [-0.39, 0.29) is 53.2 Å². The topological polar surface area (TPSA) is 6.48 Å². The van der Waals surface area contributed by atoms with Crippen LogP contribution in [0.5, 0.6) is 0 Å². The van der Waals surface area contributed by atoms with Gasteiger partial charge in [-0.05, 0) is 219 Å². The Bertz CT molecular complexity index is 3400. The minimum absolute atomic E-state index is 0.0193. The molecule has 1 fully saturated rings. The largest absolute Gasteiger partial charge is 0.331 e. The Hall–Kier alpha value is -3.94. The zero-order valence-corrected chi connectivity index (χ0v) is 50.6. The molecule has 0 radical (unpaired) electrons. The van der Waals surface area contributed by atoms with Crippen LogP contribution in [0.25, 0.3) is 11.1 Å². The maximum atomic E-state index is 2.98. The van der Waals surface area contributed by atoms with Gasteiger partial charge in [-0.15, -0.1) is 11.8 Å². The number of hydrogen-bond acceptors (Lipinski definition) is 3. The minimum atomic E-state index is -0.415. The van der Waals surface area contributed by atoms with Gasteiger partial charge in [0.1, 0.15) is 0 Å².